The average molecular weight is 678 g/mol. The topological polar surface area (TPSA) is 62.3 Å². The van der Waals surface area contributed by atoms with E-state index in [1.165, 1.54) is 12.1 Å². The van der Waals surface area contributed by atoms with Crippen LogP contribution in [-0.2, 0) is 35.6 Å². The summed E-state index contributed by atoms with van der Waals surface area (Å²) in [6, 6.07) is 33.9. The highest BCUT2D eigenvalue weighted by molar-refractivity contribution is 5.87. The largest absolute Gasteiger partial charge is 0.489 e. The van der Waals surface area contributed by atoms with Crippen LogP contribution in [0.25, 0.3) is 0 Å². The van der Waals surface area contributed by atoms with Gasteiger partial charge in [-0.3, -0.25) is 14.6 Å². The highest BCUT2D eigenvalue weighted by Gasteiger charge is 2.41. The van der Waals surface area contributed by atoms with Crippen molar-refractivity contribution in [3.63, 3.8) is 0 Å². The Labute approximate surface area is 295 Å². The van der Waals surface area contributed by atoms with Crippen molar-refractivity contribution in [2.24, 2.45) is 0 Å². The van der Waals surface area contributed by atoms with Gasteiger partial charge in [-0.2, -0.15) is 0 Å². The van der Waals surface area contributed by atoms with Crippen LogP contribution < -0.4 is 4.74 Å². The smallest absolute Gasteiger partial charge is 0.411 e. The van der Waals surface area contributed by atoms with Crippen LogP contribution in [0.2, 0.25) is 0 Å². The zero-order chi connectivity index (χ0) is 35.5. The molecule has 1 aliphatic rings. The number of piperazine rings is 1. The first-order chi connectivity index (χ1) is 24.1. The molecule has 8 heteroatoms. The van der Waals surface area contributed by atoms with Crippen LogP contribution in [0.5, 0.6) is 5.75 Å². The Hall–Kier alpha value is -4.95. The Kier molecular flexibility index (Phi) is 12.4. The second-order valence-corrected chi connectivity index (χ2v) is 13.8. The summed E-state index contributed by atoms with van der Waals surface area (Å²) in [5.74, 6) is -0.129. The number of benzene rings is 4. The molecular weight excluding hydrogens is 629 g/mol. The second-order valence-electron chi connectivity index (χ2n) is 13.8. The zero-order valence-electron chi connectivity index (χ0n) is 29.3. The molecule has 2 atom stereocenters. The molecular formula is C42H48FN3O4. The summed E-state index contributed by atoms with van der Waals surface area (Å²) in [6.45, 7) is 11.8. The lowest BCUT2D eigenvalue weighted by atomic mass is 9.94. The molecule has 2 amide bonds. The van der Waals surface area contributed by atoms with Crippen molar-refractivity contribution in [1.82, 2.24) is 14.7 Å². The number of carbonyl (C=O) groups is 2. The van der Waals surface area contributed by atoms with Gasteiger partial charge in [0.05, 0.1) is 0 Å². The Morgan fingerprint density at radius 3 is 2.02 bits per heavy atom. The molecule has 4 aromatic rings. The van der Waals surface area contributed by atoms with Gasteiger partial charge in [0.15, 0.2) is 0 Å². The van der Waals surface area contributed by atoms with Crippen molar-refractivity contribution in [2.75, 3.05) is 19.7 Å². The van der Waals surface area contributed by atoms with Crippen LogP contribution in [0.1, 0.15) is 49.4 Å². The lowest BCUT2D eigenvalue weighted by Crippen LogP contribution is -2.60. The molecule has 0 saturated carbocycles. The predicted molar refractivity (Wildman–Crippen MR) is 195 cm³/mol. The van der Waals surface area contributed by atoms with Gasteiger partial charge < -0.3 is 14.4 Å². The third-order valence-electron chi connectivity index (χ3n) is 8.67. The Bertz CT molecular complexity index is 1650. The molecule has 0 radical (unpaired) electrons. The molecule has 0 aliphatic carbocycles. The van der Waals surface area contributed by atoms with Crippen LogP contribution in [0.3, 0.4) is 0 Å². The van der Waals surface area contributed by atoms with Gasteiger partial charge in [0.2, 0.25) is 5.91 Å². The van der Waals surface area contributed by atoms with Crippen molar-refractivity contribution in [1.29, 1.82) is 0 Å². The Morgan fingerprint density at radius 2 is 1.46 bits per heavy atom. The van der Waals surface area contributed by atoms with Gasteiger partial charge in [0.1, 0.15) is 29.8 Å². The van der Waals surface area contributed by atoms with Crippen LogP contribution in [-0.4, -0.2) is 64.1 Å². The standard InChI is InChI=1S/C42H48FN3O4/c1-5-23-49-38-26-35(24-36(43)27-38)25-37(45(30-33-17-11-7-12-18-33)31-34-19-13-8-14-20-34)28-39-40(47)44(29-32-15-9-6-10-16-32)21-22-46(39)41(48)50-42(2,3)4/h5-20,24,26-27,37,39H,1,21-23,25,28-31H2,2-4H3/t37-,39-/m0/s1. The first-order valence-corrected chi connectivity index (χ1v) is 17.3. The van der Waals surface area contributed by atoms with E-state index in [1.807, 2.05) is 98.5 Å². The van der Waals surface area contributed by atoms with Gasteiger partial charge in [-0.05, 0) is 68.0 Å². The number of hydrogen-bond acceptors (Lipinski definition) is 5. The molecule has 0 bridgehead atoms. The maximum absolute atomic E-state index is 15.1. The van der Waals surface area contributed by atoms with Gasteiger partial charge in [0, 0.05) is 44.8 Å². The van der Waals surface area contributed by atoms with Crippen LogP contribution in [0, 0.1) is 5.82 Å². The van der Waals surface area contributed by atoms with Gasteiger partial charge in [-0.1, -0.05) is 104 Å². The van der Waals surface area contributed by atoms with Gasteiger partial charge in [0.25, 0.3) is 0 Å². The summed E-state index contributed by atoms with van der Waals surface area (Å²) in [5.41, 5.74) is 3.22. The average Bonchev–Trinajstić information content (AvgIpc) is 3.09. The van der Waals surface area contributed by atoms with Crippen molar-refractivity contribution in [3.05, 3.63) is 150 Å². The SMILES string of the molecule is C=CCOc1cc(F)cc(C[C@@H](C[C@H]2C(=O)N(Cc3ccccc3)CCN2C(=O)OC(C)(C)C)N(Cc2ccccc2)Cc2ccccc2)c1. The van der Waals surface area contributed by atoms with Crippen molar-refractivity contribution >= 4 is 12.0 Å². The molecule has 1 fully saturated rings. The van der Waals surface area contributed by atoms with Gasteiger partial charge in [-0.15, -0.1) is 0 Å². The van der Waals surface area contributed by atoms with E-state index >= 15 is 4.39 Å². The normalized spacial score (nSPS) is 15.5. The van der Waals surface area contributed by atoms with E-state index in [4.69, 9.17) is 9.47 Å². The Balaban J connectivity index is 1.55. The van der Waals surface area contributed by atoms with E-state index in [1.54, 1.807) is 11.0 Å². The molecule has 0 spiro atoms. The third-order valence-corrected chi connectivity index (χ3v) is 8.67. The molecule has 50 heavy (non-hydrogen) atoms. The fourth-order valence-electron chi connectivity index (χ4n) is 6.38. The quantitative estimate of drug-likeness (QED) is 0.127. The van der Waals surface area contributed by atoms with Crippen LogP contribution in [0.4, 0.5) is 9.18 Å². The number of ether oxygens (including phenoxy) is 2. The minimum absolute atomic E-state index is 0.135. The fourth-order valence-corrected chi connectivity index (χ4v) is 6.38. The lowest BCUT2D eigenvalue weighted by Gasteiger charge is -2.43. The number of nitrogens with zero attached hydrogens (tertiary/aromatic N) is 3. The maximum atomic E-state index is 15.1. The van der Waals surface area contributed by atoms with E-state index in [9.17, 15) is 9.59 Å². The minimum atomic E-state index is -0.800. The molecule has 0 aromatic heterocycles. The van der Waals surface area contributed by atoms with Crippen molar-refractivity contribution < 1.29 is 23.5 Å². The zero-order valence-corrected chi connectivity index (χ0v) is 29.3. The summed E-state index contributed by atoms with van der Waals surface area (Å²) < 4.78 is 26.7. The summed E-state index contributed by atoms with van der Waals surface area (Å²) in [6.07, 6.45) is 1.82. The maximum Gasteiger partial charge on any atom is 0.411 e. The van der Waals surface area contributed by atoms with E-state index in [0.29, 0.717) is 51.3 Å². The number of hydrogen-bond donors (Lipinski definition) is 0. The molecule has 1 saturated heterocycles. The highest BCUT2D eigenvalue weighted by atomic mass is 19.1. The van der Waals surface area contributed by atoms with Crippen LogP contribution in [0.15, 0.2) is 122 Å². The molecule has 1 heterocycles. The summed E-state index contributed by atoms with van der Waals surface area (Å²) in [4.78, 5) is 34.0. The summed E-state index contributed by atoms with van der Waals surface area (Å²) in [7, 11) is 0. The monoisotopic (exact) mass is 677 g/mol. The van der Waals surface area contributed by atoms with E-state index in [0.717, 1.165) is 22.3 Å². The first-order valence-electron chi connectivity index (χ1n) is 17.3. The molecule has 1 aliphatic heterocycles. The summed E-state index contributed by atoms with van der Waals surface area (Å²) >= 11 is 0. The van der Waals surface area contributed by atoms with Crippen molar-refractivity contribution in [2.45, 2.75) is 70.9 Å². The highest BCUT2D eigenvalue weighted by Crippen LogP contribution is 2.28. The number of halogens is 1. The molecule has 0 unspecified atom stereocenters. The number of carbonyl (C=O) groups excluding carboxylic acids is 2. The number of amides is 2. The van der Waals surface area contributed by atoms with Gasteiger partial charge in [-0.25, -0.2) is 9.18 Å². The molecule has 262 valence electrons. The van der Waals surface area contributed by atoms with Gasteiger partial charge >= 0.3 is 6.09 Å². The number of rotatable bonds is 14. The molecule has 7 nitrogen and oxygen atoms in total. The Morgan fingerprint density at radius 1 is 0.880 bits per heavy atom. The summed E-state index contributed by atoms with van der Waals surface area (Å²) in [5, 5.41) is 0. The lowest BCUT2D eigenvalue weighted by molar-refractivity contribution is -0.143. The van der Waals surface area contributed by atoms with E-state index in [2.05, 4.69) is 35.7 Å². The fraction of sp³-hybridized carbons (Fsp3) is 0.333. The molecule has 5 rings (SSSR count). The molecule has 4 aromatic carbocycles. The van der Waals surface area contributed by atoms with Crippen molar-refractivity contribution in [3.8, 4) is 5.75 Å². The second kappa shape index (κ2) is 17.1. The predicted octanol–water partition coefficient (Wildman–Crippen LogP) is 8.04. The first kappa shape index (κ1) is 36.3. The van der Waals surface area contributed by atoms with E-state index < -0.39 is 23.6 Å². The molecule has 0 N–H and O–H groups in total. The van der Waals surface area contributed by atoms with E-state index in [-0.39, 0.29) is 18.6 Å². The minimum Gasteiger partial charge on any atom is -0.489 e. The van der Waals surface area contributed by atoms with Crippen LogP contribution >= 0.6 is 0 Å². The third kappa shape index (κ3) is 10.5.